The van der Waals surface area contributed by atoms with E-state index in [2.05, 4.69) is 65.7 Å². The molecule has 2 atom stereocenters. The van der Waals surface area contributed by atoms with Crippen LogP contribution in [-0.2, 0) is 20.8 Å². The van der Waals surface area contributed by atoms with Gasteiger partial charge in [0.25, 0.3) is 0 Å². The zero-order valence-corrected chi connectivity index (χ0v) is 18.3. The molecule has 0 nitrogen and oxygen atoms in total. The Morgan fingerprint density at radius 3 is 2.17 bits per heavy atom. The van der Waals surface area contributed by atoms with E-state index in [1.54, 1.807) is 11.8 Å². The van der Waals surface area contributed by atoms with Crippen LogP contribution in [0.1, 0.15) is 52.9 Å². The van der Waals surface area contributed by atoms with Crippen molar-refractivity contribution in [3.63, 3.8) is 0 Å². The summed E-state index contributed by atoms with van der Waals surface area (Å²) in [5, 5.41) is 0. The van der Waals surface area contributed by atoms with Crippen molar-refractivity contribution in [1.82, 2.24) is 0 Å². The molecule has 10 radical (unpaired) electrons. The molecule has 0 saturated heterocycles. The summed E-state index contributed by atoms with van der Waals surface area (Å²) in [4.78, 5) is 0. The van der Waals surface area contributed by atoms with Crippen LogP contribution in [0.5, 0.6) is 0 Å². The fraction of sp³-hybridized carbons (Fsp3) is 0.500. The van der Waals surface area contributed by atoms with E-state index in [1.807, 2.05) is 0 Å². The molecule has 0 heterocycles. The number of fused-ring (bicyclic) bond motifs is 1. The third kappa shape index (κ3) is 4.60. The first-order valence-electron chi connectivity index (χ1n) is 8.47. The molecule has 0 unspecified atom stereocenters. The monoisotopic (exact) mass is 426 g/mol. The Kier molecular flexibility index (Phi) is 8.50. The zero-order chi connectivity index (χ0) is 16.9. The Labute approximate surface area is 163 Å². The third-order valence-corrected chi connectivity index (χ3v) is 5.62. The fourth-order valence-electron chi connectivity index (χ4n) is 4.09. The molecular weight excluding hydrogens is 402 g/mol. The van der Waals surface area contributed by atoms with Crippen LogP contribution in [0.25, 0.3) is 0 Å². The van der Waals surface area contributed by atoms with Crippen LogP contribution in [0, 0.1) is 73.5 Å². The van der Waals surface area contributed by atoms with Gasteiger partial charge in [0.05, 0.1) is 0 Å². The number of rotatable bonds is 4. The minimum atomic E-state index is -0.826. The van der Waals surface area contributed by atoms with E-state index in [4.69, 9.17) is 17.0 Å². The van der Waals surface area contributed by atoms with Crippen molar-refractivity contribution in [2.24, 2.45) is 10.8 Å². The first kappa shape index (κ1) is 20.8. The molecule has 3 rings (SSSR count). The van der Waals surface area contributed by atoms with Crippen molar-refractivity contribution in [3.05, 3.63) is 62.7 Å². The molecular formula is C20H26Cl2Zr+2. The molecule has 0 aromatic rings. The van der Waals surface area contributed by atoms with Gasteiger partial charge in [-0.25, -0.2) is 0 Å². The molecule has 0 spiro atoms. The van der Waals surface area contributed by atoms with E-state index in [0.29, 0.717) is 5.41 Å². The average Bonchev–Trinajstić information content (AvgIpc) is 3.22. The van der Waals surface area contributed by atoms with Crippen LogP contribution in [0.15, 0.2) is 0 Å². The van der Waals surface area contributed by atoms with Gasteiger partial charge >= 0.3 is 37.9 Å². The SMILES string of the molecule is CCCC[C@]1(C)CC[C@@](C)([C]2[CH][CH][CH][CH]2)[C]2[CH][CH][CH][C]21.[Cl][Zr+2][Cl]. The molecule has 0 bridgehead atoms. The quantitative estimate of drug-likeness (QED) is 0.477. The van der Waals surface area contributed by atoms with Crippen LogP contribution in [0.4, 0.5) is 0 Å². The van der Waals surface area contributed by atoms with E-state index in [1.165, 1.54) is 38.0 Å². The maximum atomic E-state index is 4.93. The maximum absolute atomic E-state index is 4.93. The third-order valence-electron chi connectivity index (χ3n) is 5.62. The van der Waals surface area contributed by atoms with Crippen LogP contribution < -0.4 is 0 Å². The van der Waals surface area contributed by atoms with Gasteiger partial charge in [-0.3, -0.25) is 0 Å². The summed E-state index contributed by atoms with van der Waals surface area (Å²) in [6.45, 7) is 7.21. The second kappa shape index (κ2) is 9.41. The Balaban J connectivity index is 0.000000595. The molecule has 3 saturated carbocycles. The molecule has 3 fully saturated rings. The molecule has 122 valence electrons. The molecule has 0 aromatic carbocycles. The van der Waals surface area contributed by atoms with Crippen molar-refractivity contribution in [2.45, 2.75) is 52.9 Å². The molecule has 3 aliphatic carbocycles. The summed E-state index contributed by atoms with van der Waals surface area (Å²) < 4.78 is 0. The Hall–Kier alpha value is 1.46. The predicted molar refractivity (Wildman–Crippen MR) is 96.5 cm³/mol. The predicted octanol–water partition coefficient (Wildman–Crippen LogP) is 6.54. The van der Waals surface area contributed by atoms with Crippen molar-refractivity contribution in [1.29, 1.82) is 0 Å². The Morgan fingerprint density at radius 2 is 1.57 bits per heavy atom. The van der Waals surface area contributed by atoms with E-state index in [-0.39, 0.29) is 5.41 Å². The number of hydrogen-bond donors (Lipinski definition) is 0. The second-order valence-electron chi connectivity index (χ2n) is 7.09. The van der Waals surface area contributed by atoms with Gasteiger partial charge in [-0.2, -0.15) is 0 Å². The van der Waals surface area contributed by atoms with Gasteiger partial charge in [-0.1, -0.05) is 33.6 Å². The second-order valence-corrected chi connectivity index (χ2v) is 10.8. The van der Waals surface area contributed by atoms with Gasteiger partial charge in [0.1, 0.15) is 0 Å². The van der Waals surface area contributed by atoms with Crippen LogP contribution in [0.3, 0.4) is 0 Å². The van der Waals surface area contributed by atoms with Gasteiger partial charge in [0.2, 0.25) is 0 Å². The van der Waals surface area contributed by atoms with Gasteiger partial charge in [0, 0.05) is 0 Å². The standard InChI is InChI=1S/C20H26.2ClH.Zr/c1-4-5-13-19(2)14-15-20(3,16-9-6-7-10-16)18-12-8-11-17(18)19;;;/h6-12H,4-5,13-15H2,1-3H3;2*1H;/q;;;+4/p-2/t19-,20+;;;/m1.../s1. The molecule has 23 heavy (non-hydrogen) atoms. The Morgan fingerprint density at radius 1 is 0.957 bits per heavy atom. The number of halogens is 2. The minimum absolute atomic E-state index is 0.216. The molecule has 0 amide bonds. The zero-order valence-electron chi connectivity index (χ0n) is 14.3. The van der Waals surface area contributed by atoms with Gasteiger partial charge in [-0.05, 0) is 92.8 Å². The van der Waals surface area contributed by atoms with Crippen LogP contribution in [0.2, 0.25) is 0 Å². The van der Waals surface area contributed by atoms with Gasteiger partial charge in [-0.15, -0.1) is 0 Å². The Bertz CT molecular complexity index is 356. The summed E-state index contributed by atoms with van der Waals surface area (Å²) in [5.41, 5.74) is 0.606. The van der Waals surface area contributed by atoms with Crippen molar-refractivity contribution >= 4 is 17.0 Å². The van der Waals surface area contributed by atoms with Crippen molar-refractivity contribution in [2.75, 3.05) is 0 Å². The molecule has 0 aliphatic heterocycles. The van der Waals surface area contributed by atoms with E-state index >= 15 is 0 Å². The first-order chi connectivity index (χ1) is 11.0. The first-order valence-corrected chi connectivity index (χ1v) is 14.8. The average molecular weight is 429 g/mol. The van der Waals surface area contributed by atoms with Crippen molar-refractivity contribution in [3.8, 4) is 0 Å². The molecule has 3 heteroatoms. The van der Waals surface area contributed by atoms with Crippen LogP contribution >= 0.6 is 17.0 Å². The molecule has 3 aliphatic rings. The van der Waals surface area contributed by atoms with Crippen LogP contribution in [-0.4, -0.2) is 0 Å². The van der Waals surface area contributed by atoms with Gasteiger partial charge < -0.3 is 0 Å². The summed E-state index contributed by atoms with van der Waals surface area (Å²) >= 11 is -0.826. The summed E-state index contributed by atoms with van der Waals surface area (Å²) in [5.74, 6) is 4.68. The van der Waals surface area contributed by atoms with Crippen molar-refractivity contribution < 1.29 is 20.8 Å². The van der Waals surface area contributed by atoms with E-state index in [0.717, 1.165) is 0 Å². The number of unbranched alkanes of at least 4 members (excludes halogenated alkanes) is 1. The molecule has 0 N–H and O–H groups in total. The van der Waals surface area contributed by atoms with E-state index < -0.39 is 20.8 Å². The summed E-state index contributed by atoms with van der Waals surface area (Å²) in [6.07, 6.45) is 22.5. The normalized spacial score (nSPS) is 35.5. The number of hydrogen-bond acceptors (Lipinski definition) is 0. The fourth-order valence-corrected chi connectivity index (χ4v) is 4.09. The summed E-state index contributed by atoms with van der Waals surface area (Å²) in [6, 6.07) is 0. The molecule has 0 aromatic heterocycles. The topological polar surface area (TPSA) is 0 Å². The van der Waals surface area contributed by atoms with Gasteiger partial charge in [0.15, 0.2) is 0 Å². The van der Waals surface area contributed by atoms with E-state index in [9.17, 15) is 0 Å². The summed E-state index contributed by atoms with van der Waals surface area (Å²) in [7, 11) is 9.87.